The highest BCUT2D eigenvalue weighted by atomic mass is 32.2. The SMILES string of the molecule is COc1ccc(OC)c(S(=O)(=O)N2CCN(CCOc3ccccc3[N+](=O)[O-])CC2)c1. The number of nitrogens with zero attached hydrogens (tertiary/aromatic N) is 3. The average molecular weight is 452 g/mol. The minimum absolute atomic E-state index is 0.0718. The number of hydrogen-bond donors (Lipinski definition) is 0. The lowest BCUT2D eigenvalue weighted by molar-refractivity contribution is -0.385. The van der Waals surface area contributed by atoms with Crippen LogP contribution in [0.1, 0.15) is 0 Å². The fourth-order valence-electron chi connectivity index (χ4n) is 3.33. The Balaban J connectivity index is 1.58. The van der Waals surface area contributed by atoms with E-state index in [2.05, 4.69) is 4.90 Å². The Kier molecular flexibility index (Phi) is 7.31. The Morgan fingerprint density at radius 2 is 1.71 bits per heavy atom. The summed E-state index contributed by atoms with van der Waals surface area (Å²) >= 11 is 0. The quantitative estimate of drug-likeness (QED) is 0.420. The van der Waals surface area contributed by atoms with Crippen molar-refractivity contribution < 1.29 is 27.6 Å². The molecule has 1 fully saturated rings. The van der Waals surface area contributed by atoms with Crippen molar-refractivity contribution in [1.29, 1.82) is 0 Å². The van der Waals surface area contributed by atoms with Gasteiger partial charge in [0.25, 0.3) is 0 Å². The molecule has 0 atom stereocenters. The lowest BCUT2D eigenvalue weighted by Crippen LogP contribution is -2.49. The standard InChI is InChI=1S/C20H25N3O7S/c1-28-16-7-8-19(29-2)20(15-16)31(26,27)22-11-9-21(10-12-22)13-14-30-18-6-4-3-5-17(18)23(24)25/h3-8,15H,9-14H2,1-2H3. The van der Waals surface area contributed by atoms with Gasteiger partial charge in [0, 0.05) is 44.9 Å². The monoisotopic (exact) mass is 451 g/mol. The van der Waals surface area contributed by atoms with Crippen molar-refractivity contribution in [1.82, 2.24) is 9.21 Å². The van der Waals surface area contributed by atoms with Crippen molar-refractivity contribution in [2.75, 3.05) is 53.6 Å². The number of methoxy groups -OCH3 is 2. The zero-order valence-electron chi connectivity index (χ0n) is 17.4. The van der Waals surface area contributed by atoms with Gasteiger partial charge >= 0.3 is 5.69 Å². The molecule has 2 aromatic carbocycles. The Morgan fingerprint density at radius 3 is 2.35 bits per heavy atom. The molecule has 11 heteroatoms. The number of piperazine rings is 1. The molecule has 1 heterocycles. The predicted molar refractivity (Wildman–Crippen MR) is 113 cm³/mol. The van der Waals surface area contributed by atoms with Gasteiger partial charge in [-0.2, -0.15) is 4.31 Å². The first-order valence-electron chi connectivity index (χ1n) is 9.67. The molecule has 1 aliphatic rings. The maximum Gasteiger partial charge on any atom is 0.310 e. The Morgan fingerprint density at radius 1 is 1.00 bits per heavy atom. The first-order valence-corrected chi connectivity index (χ1v) is 11.1. The molecule has 1 saturated heterocycles. The largest absolute Gasteiger partial charge is 0.497 e. The third-order valence-electron chi connectivity index (χ3n) is 5.05. The summed E-state index contributed by atoms with van der Waals surface area (Å²) in [4.78, 5) is 12.7. The Labute approximate surface area is 181 Å². The van der Waals surface area contributed by atoms with E-state index in [1.165, 1.54) is 30.7 Å². The van der Waals surface area contributed by atoms with Gasteiger partial charge in [0.05, 0.1) is 19.1 Å². The van der Waals surface area contributed by atoms with Crippen molar-refractivity contribution in [3.05, 3.63) is 52.6 Å². The van der Waals surface area contributed by atoms with Gasteiger partial charge in [-0.3, -0.25) is 15.0 Å². The zero-order chi connectivity index (χ0) is 22.4. The summed E-state index contributed by atoms with van der Waals surface area (Å²) in [5.74, 6) is 0.921. The van der Waals surface area contributed by atoms with Gasteiger partial charge in [-0.25, -0.2) is 8.42 Å². The fourth-order valence-corrected chi connectivity index (χ4v) is 4.93. The third kappa shape index (κ3) is 5.24. The summed E-state index contributed by atoms with van der Waals surface area (Å²) < 4.78 is 43.6. The van der Waals surface area contributed by atoms with E-state index in [0.717, 1.165) is 0 Å². The molecular weight excluding hydrogens is 426 g/mol. The normalized spacial score (nSPS) is 15.4. The van der Waals surface area contributed by atoms with Crippen LogP contribution in [-0.4, -0.2) is 76.1 Å². The second kappa shape index (κ2) is 9.94. The molecule has 0 spiro atoms. The lowest BCUT2D eigenvalue weighted by Gasteiger charge is -2.34. The molecule has 31 heavy (non-hydrogen) atoms. The van der Waals surface area contributed by atoms with E-state index >= 15 is 0 Å². The fraction of sp³-hybridized carbons (Fsp3) is 0.400. The topological polar surface area (TPSA) is 111 Å². The summed E-state index contributed by atoms with van der Waals surface area (Å²) in [7, 11) is -0.842. The van der Waals surface area contributed by atoms with Crippen LogP contribution >= 0.6 is 0 Å². The molecule has 3 rings (SSSR count). The number of rotatable bonds is 9. The number of sulfonamides is 1. The van der Waals surface area contributed by atoms with Crippen LogP contribution in [0.3, 0.4) is 0 Å². The van der Waals surface area contributed by atoms with Gasteiger partial charge in [-0.15, -0.1) is 0 Å². The molecule has 0 saturated carbocycles. The number of ether oxygens (including phenoxy) is 3. The van der Waals surface area contributed by atoms with Crippen LogP contribution in [0, 0.1) is 10.1 Å². The van der Waals surface area contributed by atoms with E-state index in [-0.39, 0.29) is 28.7 Å². The molecule has 168 valence electrons. The van der Waals surface area contributed by atoms with Crippen LogP contribution in [0.15, 0.2) is 47.4 Å². The minimum atomic E-state index is -3.74. The van der Waals surface area contributed by atoms with Crippen molar-refractivity contribution in [3.8, 4) is 17.2 Å². The number of para-hydroxylation sites is 2. The first kappa shape index (κ1) is 22.8. The summed E-state index contributed by atoms with van der Waals surface area (Å²) in [6.07, 6.45) is 0. The third-order valence-corrected chi connectivity index (χ3v) is 6.97. The molecule has 0 unspecified atom stereocenters. The van der Waals surface area contributed by atoms with Gasteiger partial charge in [-0.05, 0) is 18.2 Å². The molecule has 0 aromatic heterocycles. The van der Waals surface area contributed by atoms with Crippen molar-refractivity contribution >= 4 is 15.7 Å². The number of hydrogen-bond acceptors (Lipinski definition) is 8. The van der Waals surface area contributed by atoms with Gasteiger partial charge < -0.3 is 14.2 Å². The highest BCUT2D eigenvalue weighted by Crippen LogP contribution is 2.31. The summed E-state index contributed by atoms with van der Waals surface area (Å²) in [6, 6.07) is 10.9. The van der Waals surface area contributed by atoms with E-state index < -0.39 is 14.9 Å². The van der Waals surface area contributed by atoms with E-state index in [4.69, 9.17) is 14.2 Å². The molecular formula is C20H25N3O7S. The van der Waals surface area contributed by atoms with Crippen LogP contribution in [0.25, 0.3) is 0 Å². The highest BCUT2D eigenvalue weighted by molar-refractivity contribution is 7.89. The van der Waals surface area contributed by atoms with Crippen molar-refractivity contribution in [2.45, 2.75) is 4.90 Å². The minimum Gasteiger partial charge on any atom is -0.497 e. The molecule has 2 aromatic rings. The molecule has 10 nitrogen and oxygen atoms in total. The van der Waals surface area contributed by atoms with E-state index in [9.17, 15) is 18.5 Å². The number of nitro groups is 1. The molecule has 0 radical (unpaired) electrons. The van der Waals surface area contributed by atoms with Crippen LogP contribution in [0.2, 0.25) is 0 Å². The summed E-state index contributed by atoms with van der Waals surface area (Å²) in [6.45, 7) is 2.46. The number of nitro benzene ring substituents is 1. The predicted octanol–water partition coefficient (Wildman–Crippen LogP) is 2.00. The van der Waals surface area contributed by atoms with Crippen LogP contribution in [0.4, 0.5) is 5.69 Å². The zero-order valence-corrected chi connectivity index (χ0v) is 18.2. The van der Waals surface area contributed by atoms with Gasteiger partial charge in [0.1, 0.15) is 23.0 Å². The summed E-state index contributed by atoms with van der Waals surface area (Å²) in [5, 5.41) is 11.1. The average Bonchev–Trinajstić information content (AvgIpc) is 2.79. The van der Waals surface area contributed by atoms with Crippen LogP contribution < -0.4 is 14.2 Å². The molecule has 0 bridgehead atoms. The maximum absolute atomic E-state index is 13.1. The van der Waals surface area contributed by atoms with E-state index in [0.29, 0.717) is 38.5 Å². The molecule has 0 amide bonds. The van der Waals surface area contributed by atoms with Gasteiger partial charge in [0.2, 0.25) is 10.0 Å². The van der Waals surface area contributed by atoms with Gasteiger partial charge in [0.15, 0.2) is 5.75 Å². The van der Waals surface area contributed by atoms with E-state index in [1.54, 1.807) is 30.3 Å². The van der Waals surface area contributed by atoms with Crippen LogP contribution in [0.5, 0.6) is 17.2 Å². The second-order valence-corrected chi connectivity index (χ2v) is 8.74. The highest BCUT2D eigenvalue weighted by Gasteiger charge is 2.31. The Hall–Kier alpha value is -2.89. The summed E-state index contributed by atoms with van der Waals surface area (Å²) in [5.41, 5.74) is -0.0781. The molecule has 0 aliphatic carbocycles. The number of benzene rings is 2. The molecule has 1 aliphatic heterocycles. The van der Waals surface area contributed by atoms with Gasteiger partial charge in [-0.1, -0.05) is 12.1 Å². The lowest BCUT2D eigenvalue weighted by atomic mass is 10.3. The van der Waals surface area contributed by atoms with Crippen molar-refractivity contribution in [3.63, 3.8) is 0 Å². The molecule has 0 N–H and O–H groups in total. The van der Waals surface area contributed by atoms with Crippen molar-refractivity contribution in [2.24, 2.45) is 0 Å². The Bertz CT molecular complexity index is 1020. The maximum atomic E-state index is 13.1. The van der Waals surface area contributed by atoms with Crippen LogP contribution in [-0.2, 0) is 10.0 Å². The second-order valence-electron chi connectivity index (χ2n) is 6.84. The first-order chi connectivity index (χ1) is 14.9. The van der Waals surface area contributed by atoms with E-state index in [1.807, 2.05) is 0 Å². The smallest absolute Gasteiger partial charge is 0.310 e.